The summed E-state index contributed by atoms with van der Waals surface area (Å²) < 4.78 is 5.24. The van der Waals surface area contributed by atoms with Gasteiger partial charge in [-0.3, -0.25) is 4.79 Å². The lowest BCUT2D eigenvalue weighted by Gasteiger charge is -2.34. The number of nitrogens with two attached hydrogens (primary N) is 1. The predicted molar refractivity (Wildman–Crippen MR) is 73.1 cm³/mol. The van der Waals surface area contributed by atoms with Gasteiger partial charge in [-0.05, 0) is 37.6 Å². The molecule has 0 aromatic carbocycles. The van der Waals surface area contributed by atoms with Crippen LogP contribution in [0, 0.1) is 5.41 Å². The third kappa shape index (κ3) is 3.00. The van der Waals surface area contributed by atoms with E-state index in [1.165, 1.54) is 19.3 Å². The molecule has 6 nitrogen and oxygen atoms in total. The van der Waals surface area contributed by atoms with E-state index in [0.717, 1.165) is 25.7 Å². The molecule has 0 aliphatic heterocycles. The first-order chi connectivity index (χ1) is 9.71. The second-order valence-corrected chi connectivity index (χ2v) is 6.20. The smallest absolute Gasteiger partial charge is 0.292 e. The van der Waals surface area contributed by atoms with Gasteiger partial charge in [0.05, 0.1) is 0 Å². The minimum absolute atomic E-state index is 0.0784. The molecule has 0 saturated heterocycles. The molecule has 2 saturated carbocycles. The lowest BCUT2D eigenvalue weighted by Crippen LogP contribution is -2.35. The minimum atomic E-state index is -0.229. The summed E-state index contributed by atoms with van der Waals surface area (Å²) in [5.74, 6) is 0.459. The standard InChI is InChI=1S/C14H22N4O2/c15-9-14(6-2-1-3-7-14)8-11-17-12(18-20-11)13(19)16-10-4-5-10/h10H,1-9,15H2,(H,16,19). The fraction of sp³-hybridized carbons (Fsp3) is 0.786. The van der Waals surface area contributed by atoms with Gasteiger partial charge < -0.3 is 15.6 Å². The summed E-state index contributed by atoms with van der Waals surface area (Å²) in [4.78, 5) is 16.1. The van der Waals surface area contributed by atoms with E-state index in [-0.39, 0.29) is 17.1 Å². The van der Waals surface area contributed by atoms with Gasteiger partial charge in [0.15, 0.2) is 0 Å². The molecule has 1 aromatic rings. The van der Waals surface area contributed by atoms with Gasteiger partial charge in [-0.1, -0.05) is 24.4 Å². The number of hydrogen-bond acceptors (Lipinski definition) is 5. The average molecular weight is 278 g/mol. The maximum absolute atomic E-state index is 11.8. The molecule has 110 valence electrons. The molecule has 20 heavy (non-hydrogen) atoms. The lowest BCUT2D eigenvalue weighted by atomic mass is 9.72. The quantitative estimate of drug-likeness (QED) is 0.849. The van der Waals surface area contributed by atoms with Crippen LogP contribution in [-0.4, -0.2) is 28.6 Å². The molecule has 0 spiro atoms. The largest absolute Gasteiger partial charge is 0.346 e. The number of carbonyl (C=O) groups is 1. The maximum Gasteiger partial charge on any atom is 0.292 e. The van der Waals surface area contributed by atoms with Gasteiger partial charge in [0.2, 0.25) is 5.89 Å². The van der Waals surface area contributed by atoms with E-state index in [1.807, 2.05) is 0 Å². The molecule has 3 rings (SSSR count). The first-order valence-electron chi connectivity index (χ1n) is 7.54. The van der Waals surface area contributed by atoms with Crippen molar-refractivity contribution in [1.29, 1.82) is 0 Å². The van der Waals surface area contributed by atoms with E-state index in [1.54, 1.807) is 0 Å². The van der Waals surface area contributed by atoms with Crippen LogP contribution in [-0.2, 0) is 6.42 Å². The first-order valence-corrected chi connectivity index (χ1v) is 7.54. The summed E-state index contributed by atoms with van der Waals surface area (Å²) in [6.45, 7) is 0.638. The Morgan fingerprint density at radius 3 is 2.75 bits per heavy atom. The molecule has 1 amide bonds. The molecule has 0 radical (unpaired) electrons. The number of amides is 1. The molecule has 2 fully saturated rings. The molecule has 2 aliphatic carbocycles. The molecule has 1 heterocycles. The molecule has 0 atom stereocenters. The van der Waals surface area contributed by atoms with Gasteiger partial charge >= 0.3 is 0 Å². The van der Waals surface area contributed by atoms with E-state index in [2.05, 4.69) is 15.5 Å². The van der Waals surface area contributed by atoms with E-state index in [9.17, 15) is 4.79 Å². The Balaban J connectivity index is 1.64. The molecule has 2 aliphatic rings. The van der Waals surface area contributed by atoms with Gasteiger partial charge in [0, 0.05) is 12.5 Å². The third-order valence-corrected chi connectivity index (χ3v) is 4.46. The zero-order valence-electron chi connectivity index (χ0n) is 11.7. The van der Waals surface area contributed by atoms with Gasteiger partial charge in [0.25, 0.3) is 11.7 Å². The highest BCUT2D eigenvalue weighted by Gasteiger charge is 2.33. The van der Waals surface area contributed by atoms with Crippen LogP contribution >= 0.6 is 0 Å². The number of hydrogen-bond donors (Lipinski definition) is 2. The molecular formula is C14H22N4O2. The second-order valence-electron chi connectivity index (χ2n) is 6.20. The van der Waals surface area contributed by atoms with Crippen molar-refractivity contribution < 1.29 is 9.32 Å². The van der Waals surface area contributed by atoms with Crippen LogP contribution in [0.5, 0.6) is 0 Å². The number of nitrogens with zero attached hydrogens (tertiary/aromatic N) is 2. The van der Waals surface area contributed by atoms with Crippen LogP contribution in [0.15, 0.2) is 4.52 Å². The summed E-state index contributed by atoms with van der Waals surface area (Å²) in [7, 11) is 0. The number of aromatic nitrogens is 2. The normalized spacial score (nSPS) is 21.6. The highest BCUT2D eigenvalue weighted by molar-refractivity contribution is 5.90. The Labute approximate surface area is 118 Å². The number of nitrogens with one attached hydrogen (secondary N) is 1. The molecule has 0 bridgehead atoms. The zero-order chi connectivity index (χ0) is 14.0. The lowest BCUT2D eigenvalue weighted by molar-refractivity contribution is 0.0937. The van der Waals surface area contributed by atoms with Crippen molar-refractivity contribution in [1.82, 2.24) is 15.5 Å². The van der Waals surface area contributed by atoms with Crippen LogP contribution in [0.4, 0.5) is 0 Å². The predicted octanol–water partition coefficient (Wildman–Crippen LogP) is 1.41. The summed E-state index contributed by atoms with van der Waals surface area (Å²) in [5, 5.41) is 6.65. The van der Waals surface area contributed by atoms with Gasteiger partial charge in [0.1, 0.15) is 0 Å². The number of carbonyl (C=O) groups excluding carboxylic acids is 1. The number of rotatable bonds is 5. The molecular weight excluding hydrogens is 256 g/mol. The van der Waals surface area contributed by atoms with E-state index >= 15 is 0 Å². The van der Waals surface area contributed by atoms with Crippen molar-refractivity contribution in [2.45, 2.75) is 57.4 Å². The third-order valence-electron chi connectivity index (χ3n) is 4.46. The van der Waals surface area contributed by atoms with Crippen molar-refractivity contribution in [2.24, 2.45) is 11.1 Å². The Hall–Kier alpha value is -1.43. The Morgan fingerprint density at radius 1 is 1.35 bits per heavy atom. The van der Waals surface area contributed by atoms with Crippen LogP contribution in [0.2, 0.25) is 0 Å². The first kappa shape index (κ1) is 13.5. The Morgan fingerprint density at radius 2 is 2.10 bits per heavy atom. The summed E-state index contributed by atoms with van der Waals surface area (Å²) >= 11 is 0. The van der Waals surface area contributed by atoms with E-state index in [0.29, 0.717) is 24.9 Å². The Kier molecular flexibility index (Phi) is 3.74. The summed E-state index contributed by atoms with van der Waals surface area (Å²) in [6.07, 6.45) is 8.69. The Bertz CT molecular complexity index is 475. The van der Waals surface area contributed by atoms with Gasteiger partial charge in [-0.15, -0.1) is 0 Å². The van der Waals surface area contributed by atoms with Crippen LogP contribution in [0.3, 0.4) is 0 Å². The summed E-state index contributed by atoms with van der Waals surface area (Å²) in [6, 6.07) is 0.304. The van der Waals surface area contributed by atoms with Gasteiger partial charge in [-0.2, -0.15) is 4.98 Å². The topological polar surface area (TPSA) is 94.0 Å². The van der Waals surface area contributed by atoms with Crippen molar-refractivity contribution in [2.75, 3.05) is 6.54 Å². The van der Waals surface area contributed by atoms with Gasteiger partial charge in [-0.25, -0.2) is 0 Å². The molecule has 3 N–H and O–H groups in total. The van der Waals surface area contributed by atoms with Crippen molar-refractivity contribution >= 4 is 5.91 Å². The fourth-order valence-electron chi connectivity index (χ4n) is 2.97. The minimum Gasteiger partial charge on any atom is -0.346 e. The SMILES string of the molecule is NCC1(Cc2nc(C(=O)NC3CC3)no2)CCCCC1. The van der Waals surface area contributed by atoms with Crippen LogP contribution in [0.25, 0.3) is 0 Å². The maximum atomic E-state index is 11.8. The van der Waals surface area contributed by atoms with E-state index < -0.39 is 0 Å². The summed E-state index contributed by atoms with van der Waals surface area (Å²) in [5.41, 5.74) is 6.04. The van der Waals surface area contributed by atoms with Crippen LogP contribution < -0.4 is 11.1 Å². The van der Waals surface area contributed by atoms with E-state index in [4.69, 9.17) is 10.3 Å². The second kappa shape index (κ2) is 5.52. The van der Waals surface area contributed by atoms with Crippen LogP contribution in [0.1, 0.15) is 61.5 Å². The highest BCUT2D eigenvalue weighted by atomic mass is 16.5. The van der Waals surface area contributed by atoms with Crippen molar-refractivity contribution in [3.05, 3.63) is 11.7 Å². The zero-order valence-corrected chi connectivity index (χ0v) is 11.7. The fourth-order valence-corrected chi connectivity index (χ4v) is 2.97. The van der Waals surface area contributed by atoms with Crippen molar-refractivity contribution in [3.63, 3.8) is 0 Å². The monoisotopic (exact) mass is 278 g/mol. The average Bonchev–Trinajstić information content (AvgIpc) is 3.16. The van der Waals surface area contributed by atoms with Crippen molar-refractivity contribution in [3.8, 4) is 0 Å². The molecule has 1 aromatic heterocycles. The molecule has 0 unspecified atom stereocenters. The highest BCUT2D eigenvalue weighted by Crippen LogP contribution is 2.37. The molecule has 6 heteroatoms.